The van der Waals surface area contributed by atoms with Gasteiger partial charge < -0.3 is 24.8 Å². The molecule has 0 spiro atoms. The molecule has 0 aliphatic heterocycles. The van der Waals surface area contributed by atoms with Crippen LogP contribution in [0.15, 0.2) is 48.5 Å². The summed E-state index contributed by atoms with van der Waals surface area (Å²) in [6.45, 7) is 27.3. The van der Waals surface area contributed by atoms with Gasteiger partial charge in [0.2, 0.25) is 0 Å². The Morgan fingerprint density at radius 1 is 0.575 bits per heavy atom. The van der Waals surface area contributed by atoms with E-state index < -0.39 is 0 Å². The summed E-state index contributed by atoms with van der Waals surface area (Å²) in [6.07, 6.45) is 2.26. The molecule has 0 bridgehead atoms. The van der Waals surface area contributed by atoms with E-state index in [9.17, 15) is 0 Å². The summed E-state index contributed by atoms with van der Waals surface area (Å²) in [5, 5.41) is 5.77. The standard InChI is InChI=1S/2C17H23.C2H6Si.2ClH.Zr/c2*1-6-13-7-15-9-14(11(2)3)10-16(12(4)5)17(15)8-13;1-3-2;;;/h2*7-12H,6H2,1-5H3;1-2H3;2*1H;/q2*-1;;;;+2/p-2. The SMILES string of the molecule is CCc1cc2c(C(C)C)cc(C(C)C)cc2[cH-]1.CCc1cc2c(C(C)C)cc(C(C)C)cc2[cH-]1.C[Si](C)=[Zr+2].[Cl-].[Cl-]. The van der Waals surface area contributed by atoms with Crippen molar-refractivity contribution in [2.75, 3.05) is 0 Å². The maximum atomic E-state index is 2.40. The van der Waals surface area contributed by atoms with Crippen molar-refractivity contribution >= 4 is 27.0 Å². The molecule has 0 atom stereocenters. The molecule has 0 aromatic heterocycles. The van der Waals surface area contributed by atoms with Gasteiger partial charge in [0.05, 0.1) is 0 Å². The van der Waals surface area contributed by atoms with Crippen molar-refractivity contribution in [2.24, 2.45) is 0 Å². The summed E-state index contributed by atoms with van der Waals surface area (Å²) in [5.41, 5.74) is 9.08. The molecule has 4 heteroatoms. The molecule has 0 radical (unpaired) electrons. The fraction of sp³-hybridized carbons (Fsp3) is 0.500. The van der Waals surface area contributed by atoms with E-state index in [0.29, 0.717) is 23.7 Å². The van der Waals surface area contributed by atoms with Crippen LogP contribution in [0.2, 0.25) is 13.1 Å². The topological polar surface area (TPSA) is 0 Å². The van der Waals surface area contributed by atoms with E-state index in [0.717, 1.165) is 12.8 Å². The Labute approximate surface area is 274 Å². The Balaban J connectivity index is 0.000000643. The van der Waals surface area contributed by atoms with Gasteiger partial charge in [-0.3, -0.25) is 0 Å². The van der Waals surface area contributed by atoms with Crippen LogP contribution >= 0.6 is 0 Å². The first-order chi connectivity index (χ1) is 17.8. The molecule has 0 heterocycles. The molecule has 40 heavy (non-hydrogen) atoms. The molecule has 0 saturated heterocycles. The van der Waals surface area contributed by atoms with E-state index in [-0.39, 0.29) is 30.2 Å². The number of fused-ring (bicyclic) bond motifs is 2. The van der Waals surface area contributed by atoms with Crippen molar-refractivity contribution in [2.45, 2.75) is 119 Å². The minimum absolute atomic E-state index is 0. The fourth-order valence-electron chi connectivity index (χ4n) is 4.90. The summed E-state index contributed by atoms with van der Waals surface area (Å²) in [5.74, 6) is 2.42. The molecule has 0 aliphatic carbocycles. The van der Waals surface area contributed by atoms with Gasteiger partial charge in [-0.1, -0.05) is 104 Å². The van der Waals surface area contributed by atoms with E-state index in [1.165, 1.54) is 54.9 Å². The van der Waals surface area contributed by atoms with Crippen molar-refractivity contribution in [3.8, 4) is 0 Å². The summed E-state index contributed by atoms with van der Waals surface area (Å²) in [7, 11) is 0. The third kappa shape index (κ3) is 10.9. The molecule has 220 valence electrons. The zero-order valence-corrected chi connectivity index (χ0v) is 32.1. The third-order valence-corrected chi connectivity index (χ3v) is 7.27. The Morgan fingerprint density at radius 2 is 0.875 bits per heavy atom. The van der Waals surface area contributed by atoms with Gasteiger partial charge in [0, 0.05) is 0 Å². The minimum atomic E-state index is 0. The second-order valence-electron chi connectivity index (χ2n) is 12.3. The first kappa shape index (κ1) is 39.3. The molecule has 0 nitrogen and oxygen atoms in total. The Kier molecular flexibility index (Phi) is 17.8. The predicted octanol–water partition coefficient (Wildman–Crippen LogP) is 5.53. The second kappa shape index (κ2) is 18.1. The van der Waals surface area contributed by atoms with Crippen LogP contribution in [0.25, 0.3) is 21.5 Å². The molecule has 4 aromatic carbocycles. The zero-order chi connectivity index (χ0) is 28.7. The average Bonchev–Trinajstić information content (AvgIpc) is 3.45. The van der Waals surface area contributed by atoms with Crippen LogP contribution < -0.4 is 24.8 Å². The molecule has 0 unspecified atom stereocenters. The van der Waals surface area contributed by atoms with Crippen molar-refractivity contribution in [1.82, 2.24) is 0 Å². The average molecular weight is 675 g/mol. The monoisotopic (exact) mass is 672 g/mol. The van der Waals surface area contributed by atoms with Gasteiger partial charge >= 0.3 is 41.9 Å². The van der Waals surface area contributed by atoms with Crippen LogP contribution in [0, 0.1) is 0 Å². The smallest absolute Gasteiger partial charge is 1.00 e. The fourth-order valence-corrected chi connectivity index (χ4v) is 4.90. The van der Waals surface area contributed by atoms with Crippen LogP contribution in [0.4, 0.5) is 0 Å². The molecular weight excluding hydrogens is 623 g/mol. The number of rotatable bonds is 6. The van der Waals surface area contributed by atoms with E-state index >= 15 is 0 Å². The molecular formula is C36H52Cl2SiZr-2. The van der Waals surface area contributed by atoms with E-state index in [1.54, 1.807) is 23.3 Å². The third-order valence-electron chi connectivity index (χ3n) is 7.27. The first-order valence-electron chi connectivity index (χ1n) is 14.8. The minimum Gasteiger partial charge on any atom is -1.00 e. The number of hydrogen-bond donors (Lipinski definition) is 0. The van der Waals surface area contributed by atoms with Gasteiger partial charge in [0.25, 0.3) is 0 Å². The number of hydrogen-bond acceptors (Lipinski definition) is 0. The molecule has 4 rings (SSSR count). The van der Waals surface area contributed by atoms with E-state index in [1.807, 2.05) is 0 Å². The van der Waals surface area contributed by atoms with Crippen LogP contribution in [0.5, 0.6) is 0 Å². The van der Waals surface area contributed by atoms with Crippen molar-refractivity contribution < 1.29 is 48.1 Å². The van der Waals surface area contributed by atoms with Gasteiger partial charge in [-0.2, -0.15) is 12.1 Å². The molecule has 0 aliphatic rings. The molecule has 0 fully saturated rings. The Bertz CT molecular complexity index is 1240. The molecule has 0 saturated carbocycles. The number of benzene rings is 2. The number of aryl methyl sites for hydroxylation is 2. The molecule has 0 N–H and O–H groups in total. The normalized spacial score (nSPS) is 10.8. The van der Waals surface area contributed by atoms with Crippen molar-refractivity contribution in [3.63, 3.8) is 0 Å². The first-order valence-corrected chi connectivity index (χ1v) is 21.0. The Hall–Kier alpha value is -0.660. The largest absolute Gasteiger partial charge is 1.00 e. The van der Waals surface area contributed by atoms with Gasteiger partial charge in [-0.05, 0) is 36.5 Å². The maximum absolute atomic E-state index is 2.40. The van der Waals surface area contributed by atoms with Gasteiger partial charge in [0.1, 0.15) is 0 Å². The van der Waals surface area contributed by atoms with E-state index in [4.69, 9.17) is 0 Å². The van der Waals surface area contributed by atoms with Gasteiger partial charge in [-0.25, -0.2) is 0 Å². The van der Waals surface area contributed by atoms with Crippen LogP contribution in [-0.4, -0.2) is 5.43 Å². The van der Waals surface area contributed by atoms with E-state index in [2.05, 4.69) is 131 Å². The van der Waals surface area contributed by atoms with Gasteiger partial charge in [0.15, 0.2) is 0 Å². The summed E-state index contributed by atoms with van der Waals surface area (Å²) >= 11 is 1.74. The quantitative estimate of drug-likeness (QED) is 0.187. The molecule has 0 amide bonds. The maximum Gasteiger partial charge on any atom is -1.00 e. The summed E-state index contributed by atoms with van der Waals surface area (Å²) < 4.78 is 0. The van der Waals surface area contributed by atoms with Crippen LogP contribution in [-0.2, 0) is 36.2 Å². The summed E-state index contributed by atoms with van der Waals surface area (Å²) in [6, 6.07) is 19.0. The summed E-state index contributed by atoms with van der Waals surface area (Å²) in [4.78, 5) is 0. The van der Waals surface area contributed by atoms with Gasteiger partial charge in [-0.15, -0.1) is 56.9 Å². The predicted molar refractivity (Wildman–Crippen MR) is 172 cm³/mol. The van der Waals surface area contributed by atoms with Crippen molar-refractivity contribution in [3.05, 3.63) is 81.9 Å². The second-order valence-corrected chi connectivity index (χ2v) is 21.7. The van der Waals surface area contributed by atoms with Crippen molar-refractivity contribution in [1.29, 1.82) is 0 Å². The van der Waals surface area contributed by atoms with Crippen LogP contribution in [0.1, 0.15) is 126 Å². The number of halogens is 2. The van der Waals surface area contributed by atoms with Crippen LogP contribution in [0.3, 0.4) is 0 Å². The Morgan fingerprint density at radius 3 is 1.10 bits per heavy atom. The molecule has 4 aromatic rings. The zero-order valence-electron chi connectivity index (χ0n) is 27.1.